The summed E-state index contributed by atoms with van der Waals surface area (Å²) in [4.78, 5) is 23.7. The third kappa shape index (κ3) is 4.97. The van der Waals surface area contributed by atoms with Gasteiger partial charge >= 0.3 is 6.61 Å². The smallest absolute Gasteiger partial charge is 0.387 e. The molecule has 6 nitrogen and oxygen atoms in total. The lowest BCUT2D eigenvalue weighted by atomic mass is 10.1. The van der Waals surface area contributed by atoms with E-state index in [1.54, 1.807) is 32.0 Å². The van der Waals surface area contributed by atoms with Gasteiger partial charge in [0.15, 0.2) is 0 Å². The van der Waals surface area contributed by atoms with Gasteiger partial charge in [0.2, 0.25) is 5.91 Å². The number of H-pyrrole nitrogens is 1. The molecule has 0 saturated carbocycles. The molecule has 1 amide bonds. The predicted molar refractivity (Wildman–Crippen MR) is 88.3 cm³/mol. The van der Waals surface area contributed by atoms with Crippen LogP contribution in [-0.2, 0) is 11.3 Å². The first kappa shape index (κ1) is 18.3. The third-order valence-corrected chi connectivity index (χ3v) is 3.58. The number of benzene rings is 1. The molecule has 8 heteroatoms. The minimum Gasteiger partial charge on any atom is -0.434 e. The van der Waals surface area contributed by atoms with E-state index in [4.69, 9.17) is 0 Å². The summed E-state index contributed by atoms with van der Waals surface area (Å²) in [5.41, 5.74) is 1.74. The summed E-state index contributed by atoms with van der Waals surface area (Å²) in [5.74, 6) is -0.501. The number of aryl methyl sites for hydroxylation is 1. The molecule has 1 aromatic carbocycles. The molecule has 25 heavy (non-hydrogen) atoms. The van der Waals surface area contributed by atoms with E-state index in [1.165, 1.54) is 18.2 Å². The van der Waals surface area contributed by atoms with E-state index >= 15 is 0 Å². The van der Waals surface area contributed by atoms with Gasteiger partial charge in [0, 0.05) is 23.7 Å². The van der Waals surface area contributed by atoms with Crippen LogP contribution in [0.2, 0.25) is 0 Å². The summed E-state index contributed by atoms with van der Waals surface area (Å²) in [5, 5.41) is 8.77. The van der Waals surface area contributed by atoms with E-state index in [9.17, 15) is 18.4 Å². The van der Waals surface area contributed by atoms with Crippen LogP contribution in [0.1, 0.15) is 22.4 Å². The number of aromatic nitrogens is 2. The van der Waals surface area contributed by atoms with E-state index in [-0.39, 0.29) is 17.9 Å². The molecule has 0 aliphatic heterocycles. The molecule has 2 aromatic rings. The van der Waals surface area contributed by atoms with Gasteiger partial charge in [0.25, 0.3) is 5.56 Å². The van der Waals surface area contributed by atoms with Crippen molar-refractivity contribution in [2.75, 3.05) is 0 Å². The monoisotopic (exact) mass is 349 g/mol. The van der Waals surface area contributed by atoms with E-state index in [1.807, 2.05) is 0 Å². The summed E-state index contributed by atoms with van der Waals surface area (Å²) in [6.07, 6.45) is 2.55. The molecule has 0 fully saturated rings. The second-order valence-electron chi connectivity index (χ2n) is 5.21. The summed E-state index contributed by atoms with van der Waals surface area (Å²) >= 11 is 0. The Kier molecular flexibility index (Phi) is 5.99. The van der Waals surface area contributed by atoms with Crippen LogP contribution in [0.5, 0.6) is 5.75 Å². The zero-order chi connectivity index (χ0) is 18.4. The van der Waals surface area contributed by atoms with Crippen LogP contribution in [0.15, 0.2) is 35.1 Å². The minimum absolute atomic E-state index is 0.0291. The number of amides is 1. The zero-order valence-corrected chi connectivity index (χ0v) is 13.7. The Balaban J connectivity index is 2.05. The molecule has 2 rings (SSSR count). The maximum Gasteiger partial charge on any atom is 0.387 e. The van der Waals surface area contributed by atoms with Crippen LogP contribution in [-0.4, -0.2) is 22.7 Å². The number of carbonyl (C=O) groups is 1. The highest BCUT2D eigenvalue weighted by molar-refractivity contribution is 5.92. The highest BCUT2D eigenvalue weighted by atomic mass is 19.3. The van der Waals surface area contributed by atoms with Crippen LogP contribution < -0.4 is 15.6 Å². The lowest BCUT2D eigenvalue weighted by Gasteiger charge is -2.08. The molecule has 1 heterocycles. The molecular weight excluding hydrogens is 332 g/mol. The first-order valence-corrected chi connectivity index (χ1v) is 7.43. The topological polar surface area (TPSA) is 84.1 Å². The molecule has 0 radical (unpaired) electrons. The number of aromatic amines is 1. The number of rotatable bonds is 6. The summed E-state index contributed by atoms with van der Waals surface area (Å²) in [7, 11) is 0. The van der Waals surface area contributed by atoms with Crippen molar-refractivity contribution in [1.82, 2.24) is 15.5 Å². The fourth-order valence-corrected chi connectivity index (χ4v) is 2.11. The van der Waals surface area contributed by atoms with Gasteiger partial charge in [-0.25, -0.2) is 5.10 Å². The fourth-order valence-electron chi connectivity index (χ4n) is 2.11. The molecule has 2 N–H and O–H groups in total. The molecular formula is C17H17F2N3O3. The van der Waals surface area contributed by atoms with Gasteiger partial charge in [-0.3, -0.25) is 9.59 Å². The molecule has 132 valence electrons. The number of nitrogens with zero attached hydrogens (tertiary/aromatic N) is 1. The number of hydrogen-bond acceptors (Lipinski definition) is 4. The van der Waals surface area contributed by atoms with E-state index in [0.717, 1.165) is 0 Å². The van der Waals surface area contributed by atoms with Crippen LogP contribution >= 0.6 is 0 Å². The number of para-hydroxylation sites is 1. The Morgan fingerprint density at radius 1 is 1.36 bits per heavy atom. The van der Waals surface area contributed by atoms with Gasteiger partial charge in [0.05, 0.1) is 5.69 Å². The second-order valence-corrected chi connectivity index (χ2v) is 5.21. The van der Waals surface area contributed by atoms with Gasteiger partial charge in [-0.05, 0) is 31.6 Å². The number of ether oxygens (including phenoxy) is 1. The van der Waals surface area contributed by atoms with E-state index < -0.39 is 12.5 Å². The Morgan fingerprint density at radius 3 is 2.80 bits per heavy atom. The molecule has 1 aromatic heterocycles. The Morgan fingerprint density at radius 2 is 2.08 bits per heavy atom. The van der Waals surface area contributed by atoms with E-state index in [2.05, 4.69) is 20.3 Å². The van der Waals surface area contributed by atoms with Crippen molar-refractivity contribution < 1.29 is 18.3 Å². The molecule has 0 saturated heterocycles. The van der Waals surface area contributed by atoms with Gasteiger partial charge < -0.3 is 10.1 Å². The quantitative estimate of drug-likeness (QED) is 0.784. The highest BCUT2D eigenvalue weighted by Crippen LogP contribution is 2.21. The van der Waals surface area contributed by atoms with Gasteiger partial charge in [-0.2, -0.15) is 13.9 Å². The highest BCUT2D eigenvalue weighted by Gasteiger charge is 2.09. The van der Waals surface area contributed by atoms with Gasteiger partial charge in [0.1, 0.15) is 5.75 Å². The van der Waals surface area contributed by atoms with Crippen LogP contribution in [0.4, 0.5) is 8.78 Å². The summed E-state index contributed by atoms with van der Waals surface area (Å²) in [6, 6.07) is 6.11. The second kappa shape index (κ2) is 8.18. The molecule has 0 atom stereocenters. The summed E-state index contributed by atoms with van der Waals surface area (Å²) in [6.45, 7) is 0.569. The molecule has 0 unspecified atom stereocenters. The number of alkyl halides is 2. The molecule has 0 bridgehead atoms. The molecule has 0 aliphatic rings. The first-order chi connectivity index (χ1) is 11.9. The summed E-state index contributed by atoms with van der Waals surface area (Å²) < 4.78 is 29.1. The van der Waals surface area contributed by atoms with E-state index in [0.29, 0.717) is 22.4 Å². The maximum atomic E-state index is 12.4. The lowest BCUT2D eigenvalue weighted by molar-refractivity contribution is -0.116. The number of carbonyl (C=O) groups excluding carboxylic acids is 1. The average molecular weight is 349 g/mol. The normalized spacial score (nSPS) is 11.1. The predicted octanol–water partition coefficient (Wildman–Crippen LogP) is 2.32. The Hall–Kier alpha value is -3.03. The van der Waals surface area contributed by atoms with Crippen molar-refractivity contribution in [1.29, 1.82) is 0 Å². The lowest BCUT2D eigenvalue weighted by Crippen LogP contribution is -2.27. The minimum atomic E-state index is -2.95. The van der Waals surface area contributed by atoms with Crippen molar-refractivity contribution in [3.8, 4) is 5.75 Å². The maximum absolute atomic E-state index is 12.4. The largest absolute Gasteiger partial charge is 0.434 e. The number of hydrogen-bond donors (Lipinski definition) is 2. The third-order valence-electron chi connectivity index (χ3n) is 3.58. The zero-order valence-electron chi connectivity index (χ0n) is 13.7. The van der Waals surface area contributed by atoms with Crippen molar-refractivity contribution in [2.45, 2.75) is 27.0 Å². The molecule has 0 aliphatic carbocycles. The first-order valence-electron chi connectivity index (χ1n) is 7.43. The van der Waals surface area contributed by atoms with Gasteiger partial charge in [-0.1, -0.05) is 18.2 Å². The van der Waals surface area contributed by atoms with Crippen LogP contribution in [0.3, 0.4) is 0 Å². The Labute approximate surface area is 142 Å². The Bertz CT molecular complexity index is 847. The van der Waals surface area contributed by atoms with Crippen molar-refractivity contribution in [3.63, 3.8) is 0 Å². The fraction of sp³-hybridized carbons (Fsp3) is 0.235. The van der Waals surface area contributed by atoms with Crippen LogP contribution in [0, 0.1) is 13.8 Å². The van der Waals surface area contributed by atoms with Crippen molar-refractivity contribution in [2.24, 2.45) is 0 Å². The van der Waals surface area contributed by atoms with Crippen LogP contribution in [0.25, 0.3) is 6.08 Å². The number of nitrogens with one attached hydrogen (secondary N) is 2. The average Bonchev–Trinajstić information content (AvgIpc) is 2.57. The standard InChI is InChI=1S/C17H17F2N3O3/c1-10-11(2)21-22-16(24)13(10)9-20-15(23)8-7-12-5-3-4-6-14(12)25-17(18)19/h3-8,17H,9H2,1-2H3,(H,20,23)(H,22,24). The molecule has 0 spiro atoms. The van der Waals surface area contributed by atoms with Crippen molar-refractivity contribution >= 4 is 12.0 Å². The van der Waals surface area contributed by atoms with Gasteiger partial charge in [-0.15, -0.1) is 0 Å². The SMILES string of the molecule is Cc1n[nH]c(=O)c(CNC(=O)C=Cc2ccccc2OC(F)F)c1C. The van der Waals surface area contributed by atoms with Crippen molar-refractivity contribution in [3.05, 3.63) is 63.1 Å². The number of halogens is 2.